The van der Waals surface area contributed by atoms with Crippen molar-refractivity contribution in [1.82, 2.24) is 4.98 Å². The average Bonchev–Trinajstić information content (AvgIpc) is 2.68. The zero-order valence-electron chi connectivity index (χ0n) is 14.5. The third-order valence-corrected chi connectivity index (χ3v) is 4.85. The maximum atomic E-state index is 11.5. The minimum atomic E-state index is -0.412. The summed E-state index contributed by atoms with van der Waals surface area (Å²) in [5, 5.41) is 2.02. The highest BCUT2D eigenvalue weighted by Gasteiger charge is 2.22. The van der Waals surface area contributed by atoms with Gasteiger partial charge in [0.15, 0.2) is 0 Å². The summed E-state index contributed by atoms with van der Waals surface area (Å²) < 4.78 is 6.07. The fourth-order valence-electron chi connectivity index (χ4n) is 3.46. The van der Waals surface area contributed by atoms with Gasteiger partial charge < -0.3 is 15.4 Å². The number of anilines is 1. The lowest BCUT2D eigenvalue weighted by molar-refractivity contribution is 0.100. The van der Waals surface area contributed by atoms with Crippen molar-refractivity contribution in [3.63, 3.8) is 0 Å². The van der Waals surface area contributed by atoms with Crippen LogP contribution in [-0.4, -0.2) is 30.1 Å². The standard InChI is InChI=1S/C21H21N3O2/c22-21(25)15-6-7-16-13-23-14-20(19(16)12-15)24-10-8-18(9-11-24)26-17-4-2-1-3-5-17/h1-7,12-14,18H,8-11H2,(H2,22,25). The van der Waals surface area contributed by atoms with E-state index in [2.05, 4.69) is 9.88 Å². The molecule has 1 amide bonds. The Morgan fingerprint density at radius 2 is 1.85 bits per heavy atom. The number of nitrogens with two attached hydrogens (primary N) is 1. The summed E-state index contributed by atoms with van der Waals surface area (Å²) in [6, 6.07) is 15.5. The Balaban J connectivity index is 1.52. The highest BCUT2D eigenvalue weighted by molar-refractivity contribution is 6.01. The molecular weight excluding hydrogens is 326 g/mol. The summed E-state index contributed by atoms with van der Waals surface area (Å²) in [5.74, 6) is 0.508. The highest BCUT2D eigenvalue weighted by Crippen LogP contribution is 2.29. The van der Waals surface area contributed by atoms with Crippen LogP contribution in [0.15, 0.2) is 60.9 Å². The van der Waals surface area contributed by atoms with E-state index < -0.39 is 5.91 Å². The minimum absolute atomic E-state index is 0.220. The van der Waals surface area contributed by atoms with E-state index in [9.17, 15) is 4.79 Å². The normalized spacial score (nSPS) is 15.2. The van der Waals surface area contributed by atoms with Gasteiger partial charge in [0.2, 0.25) is 5.91 Å². The zero-order valence-corrected chi connectivity index (χ0v) is 14.5. The van der Waals surface area contributed by atoms with Gasteiger partial charge in [-0.2, -0.15) is 0 Å². The Bertz CT molecular complexity index is 919. The maximum Gasteiger partial charge on any atom is 0.248 e. The third kappa shape index (κ3) is 3.33. The number of hydrogen-bond donors (Lipinski definition) is 1. The highest BCUT2D eigenvalue weighted by atomic mass is 16.5. The number of piperidine rings is 1. The maximum absolute atomic E-state index is 11.5. The monoisotopic (exact) mass is 347 g/mol. The van der Waals surface area contributed by atoms with Gasteiger partial charge in [-0.1, -0.05) is 24.3 Å². The lowest BCUT2D eigenvalue weighted by Crippen LogP contribution is -2.38. The van der Waals surface area contributed by atoms with E-state index in [4.69, 9.17) is 10.5 Å². The van der Waals surface area contributed by atoms with E-state index in [1.54, 1.807) is 6.07 Å². The number of aromatic nitrogens is 1. The summed E-state index contributed by atoms with van der Waals surface area (Å²) in [7, 11) is 0. The molecule has 0 atom stereocenters. The van der Waals surface area contributed by atoms with Gasteiger partial charge in [0.05, 0.1) is 11.9 Å². The molecule has 1 aromatic heterocycles. The number of hydrogen-bond acceptors (Lipinski definition) is 4. The fraction of sp³-hybridized carbons (Fsp3) is 0.238. The van der Waals surface area contributed by atoms with Gasteiger partial charge in [0, 0.05) is 48.5 Å². The van der Waals surface area contributed by atoms with Gasteiger partial charge in [-0.3, -0.25) is 9.78 Å². The van der Waals surface area contributed by atoms with Gasteiger partial charge in [0.1, 0.15) is 11.9 Å². The molecule has 2 aromatic carbocycles. The molecule has 0 spiro atoms. The van der Waals surface area contributed by atoms with Crippen molar-refractivity contribution < 1.29 is 9.53 Å². The number of carbonyl (C=O) groups is 1. The molecule has 2 heterocycles. The predicted molar refractivity (Wildman–Crippen MR) is 103 cm³/mol. The summed E-state index contributed by atoms with van der Waals surface area (Å²) in [6.07, 6.45) is 5.79. The van der Waals surface area contributed by atoms with Crippen LogP contribution in [0.3, 0.4) is 0 Å². The molecule has 0 unspecified atom stereocenters. The van der Waals surface area contributed by atoms with Crippen molar-refractivity contribution in [3.8, 4) is 5.75 Å². The Labute approximate surface area is 152 Å². The van der Waals surface area contributed by atoms with Crippen LogP contribution >= 0.6 is 0 Å². The smallest absolute Gasteiger partial charge is 0.248 e. The van der Waals surface area contributed by atoms with Gasteiger partial charge in [-0.25, -0.2) is 0 Å². The average molecular weight is 347 g/mol. The van der Waals surface area contributed by atoms with Crippen LogP contribution in [0.5, 0.6) is 5.75 Å². The summed E-state index contributed by atoms with van der Waals surface area (Å²) in [5.41, 5.74) is 7.01. The van der Waals surface area contributed by atoms with Crippen LogP contribution in [-0.2, 0) is 0 Å². The summed E-state index contributed by atoms with van der Waals surface area (Å²) >= 11 is 0. The van der Waals surface area contributed by atoms with Crippen molar-refractivity contribution in [2.45, 2.75) is 18.9 Å². The second-order valence-corrected chi connectivity index (χ2v) is 6.58. The van der Waals surface area contributed by atoms with Crippen molar-refractivity contribution in [3.05, 3.63) is 66.5 Å². The van der Waals surface area contributed by atoms with Crippen molar-refractivity contribution in [1.29, 1.82) is 0 Å². The predicted octanol–water partition coefficient (Wildman–Crippen LogP) is 3.38. The molecule has 0 bridgehead atoms. The lowest BCUT2D eigenvalue weighted by Gasteiger charge is -2.34. The molecule has 0 radical (unpaired) electrons. The van der Waals surface area contributed by atoms with Crippen LogP contribution in [0.1, 0.15) is 23.2 Å². The van der Waals surface area contributed by atoms with Gasteiger partial charge in [-0.15, -0.1) is 0 Å². The van der Waals surface area contributed by atoms with Crippen molar-refractivity contribution in [2.24, 2.45) is 5.73 Å². The molecule has 5 nitrogen and oxygen atoms in total. The number of primary amides is 1. The fourth-order valence-corrected chi connectivity index (χ4v) is 3.46. The molecule has 3 aromatic rings. The van der Waals surface area contributed by atoms with E-state index in [0.717, 1.165) is 48.1 Å². The van der Waals surface area contributed by atoms with E-state index in [-0.39, 0.29) is 6.10 Å². The van der Waals surface area contributed by atoms with Crippen molar-refractivity contribution in [2.75, 3.05) is 18.0 Å². The quantitative estimate of drug-likeness (QED) is 0.785. The number of pyridine rings is 1. The number of rotatable bonds is 4. The molecule has 0 saturated carbocycles. The van der Waals surface area contributed by atoms with E-state index in [1.165, 1.54) is 0 Å². The summed E-state index contributed by atoms with van der Waals surface area (Å²) in [6.45, 7) is 1.78. The number of ether oxygens (including phenoxy) is 1. The van der Waals surface area contributed by atoms with Crippen LogP contribution in [0, 0.1) is 0 Å². The first-order valence-corrected chi connectivity index (χ1v) is 8.85. The zero-order chi connectivity index (χ0) is 17.9. The number of amides is 1. The first-order chi connectivity index (χ1) is 12.7. The second-order valence-electron chi connectivity index (χ2n) is 6.58. The molecule has 1 fully saturated rings. The Hall–Kier alpha value is -3.08. The number of benzene rings is 2. The van der Waals surface area contributed by atoms with Crippen LogP contribution in [0.4, 0.5) is 5.69 Å². The number of para-hydroxylation sites is 1. The molecule has 2 N–H and O–H groups in total. The van der Waals surface area contributed by atoms with E-state index >= 15 is 0 Å². The number of carbonyl (C=O) groups excluding carboxylic acids is 1. The Kier molecular flexibility index (Phi) is 4.44. The Morgan fingerprint density at radius 3 is 2.58 bits per heavy atom. The largest absolute Gasteiger partial charge is 0.490 e. The van der Waals surface area contributed by atoms with E-state index in [0.29, 0.717) is 5.56 Å². The van der Waals surface area contributed by atoms with E-state index in [1.807, 2.05) is 54.9 Å². The van der Waals surface area contributed by atoms with Crippen molar-refractivity contribution >= 4 is 22.4 Å². The molecule has 26 heavy (non-hydrogen) atoms. The first kappa shape index (κ1) is 16.4. The topological polar surface area (TPSA) is 68.5 Å². The van der Waals surface area contributed by atoms with Crippen LogP contribution in [0.25, 0.3) is 10.8 Å². The van der Waals surface area contributed by atoms with Gasteiger partial charge >= 0.3 is 0 Å². The Morgan fingerprint density at radius 1 is 1.08 bits per heavy atom. The summed E-state index contributed by atoms with van der Waals surface area (Å²) in [4.78, 5) is 18.2. The minimum Gasteiger partial charge on any atom is -0.490 e. The molecule has 1 aliphatic rings. The molecule has 5 heteroatoms. The lowest BCUT2D eigenvalue weighted by atomic mass is 10.0. The molecule has 1 aliphatic heterocycles. The van der Waals surface area contributed by atoms with Gasteiger partial charge in [0.25, 0.3) is 0 Å². The molecule has 0 aliphatic carbocycles. The number of nitrogens with zero attached hydrogens (tertiary/aromatic N) is 2. The first-order valence-electron chi connectivity index (χ1n) is 8.85. The van der Waals surface area contributed by atoms with Crippen LogP contribution < -0.4 is 15.4 Å². The second kappa shape index (κ2) is 7.04. The molecule has 132 valence electrons. The van der Waals surface area contributed by atoms with Gasteiger partial charge in [-0.05, 0) is 24.3 Å². The third-order valence-electron chi connectivity index (χ3n) is 4.85. The number of fused-ring (bicyclic) bond motifs is 1. The molecule has 4 rings (SSSR count). The van der Waals surface area contributed by atoms with Crippen LogP contribution in [0.2, 0.25) is 0 Å². The molecular formula is C21H21N3O2. The SMILES string of the molecule is NC(=O)c1ccc2cncc(N3CCC(Oc4ccccc4)CC3)c2c1. The molecule has 1 saturated heterocycles.